The molecule has 2 aromatic rings. The van der Waals surface area contributed by atoms with Gasteiger partial charge in [0.15, 0.2) is 0 Å². The molecule has 6 heteroatoms. The number of aliphatic hydroxyl groups excluding tert-OH is 1. The summed E-state index contributed by atoms with van der Waals surface area (Å²) in [6, 6.07) is 15.6. The van der Waals surface area contributed by atoms with Crippen molar-refractivity contribution in [1.82, 2.24) is 9.80 Å². The van der Waals surface area contributed by atoms with Gasteiger partial charge in [-0.3, -0.25) is 19.4 Å². The lowest BCUT2D eigenvalue weighted by Gasteiger charge is -2.31. The van der Waals surface area contributed by atoms with E-state index in [1.807, 2.05) is 36.2 Å². The van der Waals surface area contributed by atoms with Gasteiger partial charge in [-0.2, -0.15) is 0 Å². The molecular formula is C25H33N3O3. The lowest BCUT2D eigenvalue weighted by atomic mass is 10.00. The number of β-amino-alcohol motifs (C(OH)–C–C–N with tert-alkyl or cyclic N) is 1. The average molecular weight is 424 g/mol. The van der Waals surface area contributed by atoms with E-state index < -0.39 is 6.10 Å². The fraction of sp³-hybridized carbons (Fsp3) is 0.440. The molecule has 1 unspecified atom stereocenters. The molecule has 0 aliphatic carbocycles. The molecule has 0 spiro atoms. The lowest BCUT2D eigenvalue weighted by Crippen LogP contribution is -2.43. The molecule has 166 valence electrons. The third-order valence-electron chi connectivity index (χ3n) is 5.66. The smallest absolute Gasteiger partial charge is 0.262 e. The van der Waals surface area contributed by atoms with Crippen LogP contribution in [0.4, 0.5) is 5.69 Å². The van der Waals surface area contributed by atoms with Gasteiger partial charge in [0.2, 0.25) is 6.41 Å². The summed E-state index contributed by atoms with van der Waals surface area (Å²) < 4.78 is 0. The number of para-hydroxylation sites is 1. The van der Waals surface area contributed by atoms with E-state index in [2.05, 4.69) is 30.9 Å². The maximum atomic E-state index is 13.1. The minimum atomic E-state index is -0.806. The maximum absolute atomic E-state index is 13.1. The summed E-state index contributed by atoms with van der Waals surface area (Å²) in [5, 5.41) is 10.6. The molecule has 1 aliphatic heterocycles. The van der Waals surface area contributed by atoms with Gasteiger partial charge in [0, 0.05) is 38.9 Å². The van der Waals surface area contributed by atoms with Gasteiger partial charge in [0.05, 0.1) is 18.2 Å². The Hall–Kier alpha value is -2.70. The highest BCUT2D eigenvalue weighted by molar-refractivity contribution is 6.04. The van der Waals surface area contributed by atoms with E-state index in [-0.39, 0.29) is 12.5 Å². The van der Waals surface area contributed by atoms with E-state index >= 15 is 0 Å². The number of nitrogens with zero attached hydrogens (tertiary/aromatic N) is 3. The van der Waals surface area contributed by atoms with Gasteiger partial charge in [0.1, 0.15) is 0 Å². The van der Waals surface area contributed by atoms with Crippen LogP contribution in [0.25, 0.3) is 0 Å². The highest BCUT2D eigenvalue weighted by Gasteiger charge is 2.24. The van der Waals surface area contributed by atoms with Gasteiger partial charge < -0.3 is 10.0 Å². The van der Waals surface area contributed by atoms with Crippen LogP contribution in [0.5, 0.6) is 0 Å². The Morgan fingerprint density at radius 1 is 1.10 bits per heavy atom. The van der Waals surface area contributed by atoms with Crippen LogP contribution in [0, 0.1) is 5.92 Å². The van der Waals surface area contributed by atoms with E-state index in [9.17, 15) is 14.7 Å². The summed E-state index contributed by atoms with van der Waals surface area (Å²) in [6.07, 6.45) is 0.658. The second-order valence-electron chi connectivity index (χ2n) is 8.76. The second kappa shape index (κ2) is 10.6. The van der Waals surface area contributed by atoms with Gasteiger partial charge in [0.25, 0.3) is 5.91 Å². The SMILES string of the molecule is CC(C)CN(C)c1ccccc1C(=O)N(C=O)CC(O)CN1CCc2ccccc2C1. The van der Waals surface area contributed by atoms with Gasteiger partial charge in [-0.25, -0.2) is 0 Å². The number of hydrogen-bond acceptors (Lipinski definition) is 5. The molecule has 0 aromatic heterocycles. The number of imide groups is 1. The first-order valence-corrected chi connectivity index (χ1v) is 10.9. The Labute approximate surface area is 185 Å². The molecule has 31 heavy (non-hydrogen) atoms. The minimum Gasteiger partial charge on any atom is -0.390 e. The Balaban J connectivity index is 1.65. The summed E-state index contributed by atoms with van der Waals surface area (Å²) in [6.45, 7) is 7.05. The van der Waals surface area contributed by atoms with Gasteiger partial charge in [-0.05, 0) is 35.6 Å². The van der Waals surface area contributed by atoms with Gasteiger partial charge in [-0.15, -0.1) is 0 Å². The van der Waals surface area contributed by atoms with Crippen molar-refractivity contribution in [3.05, 3.63) is 65.2 Å². The van der Waals surface area contributed by atoms with E-state index in [0.717, 1.165) is 36.6 Å². The zero-order valence-corrected chi connectivity index (χ0v) is 18.7. The zero-order chi connectivity index (χ0) is 22.4. The largest absolute Gasteiger partial charge is 0.390 e. The molecule has 3 rings (SSSR count). The lowest BCUT2D eigenvalue weighted by molar-refractivity contribution is -0.117. The van der Waals surface area contributed by atoms with Crippen LogP contribution in [0.1, 0.15) is 35.3 Å². The third kappa shape index (κ3) is 5.93. The van der Waals surface area contributed by atoms with Crippen molar-refractivity contribution in [2.24, 2.45) is 5.92 Å². The number of fused-ring (bicyclic) bond motifs is 1. The van der Waals surface area contributed by atoms with Crippen LogP contribution < -0.4 is 4.90 Å². The standard InChI is InChI=1S/C25H33N3O3/c1-19(2)14-26(3)24-11-7-6-10-23(24)25(31)28(18-29)17-22(30)16-27-13-12-20-8-4-5-9-21(20)15-27/h4-11,18-19,22,30H,12-17H2,1-3H3. The molecule has 0 fully saturated rings. The van der Waals surface area contributed by atoms with E-state index in [1.54, 1.807) is 12.1 Å². The summed E-state index contributed by atoms with van der Waals surface area (Å²) in [7, 11) is 1.94. The van der Waals surface area contributed by atoms with Crippen molar-refractivity contribution < 1.29 is 14.7 Å². The zero-order valence-electron chi connectivity index (χ0n) is 18.7. The quantitative estimate of drug-likeness (QED) is 0.629. The molecule has 0 saturated carbocycles. The van der Waals surface area contributed by atoms with Crippen molar-refractivity contribution >= 4 is 18.0 Å². The molecule has 0 bridgehead atoms. The molecule has 6 nitrogen and oxygen atoms in total. The Bertz CT molecular complexity index is 899. The third-order valence-corrected chi connectivity index (χ3v) is 5.66. The monoisotopic (exact) mass is 423 g/mol. The summed E-state index contributed by atoms with van der Waals surface area (Å²) in [5.74, 6) is 0.0519. The highest BCUT2D eigenvalue weighted by Crippen LogP contribution is 2.22. The Morgan fingerprint density at radius 2 is 1.77 bits per heavy atom. The fourth-order valence-electron chi connectivity index (χ4n) is 4.25. The number of anilines is 1. The van der Waals surface area contributed by atoms with E-state index in [4.69, 9.17) is 0 Å². The molecule has 2 aromatic carbocycles. The van der Waals surface area contributed by atoms with Crippen molar-refractivity contribution in [3.8, 4) is 0 Å². The number of aliphatic hydroxyl groups is 1. The number of carbonyl (C=O) groups excluding carboxylic acids is 2. The van der Waals surface area contributed by atoms with Crippen LogP contribution >= 0.6 is 0 Å². The highest BCUT2D eigenvalue weighted by atomic mass is 16.3. The van der Waals surface area contributed by atoms with Gasteiger partial charge in [-0.1, -0.05) is 50.2 Å². The van der Waals surface area contributed by atoms with Crippen LogP contribution in [-0.4, -0.2) is 66.6 Å². The molecule has 0 radical (unpaired) electrons. The maximum Gasteiger partial charge on any atom is 0.262 e. The number of amides is 2. The topological polar surface area (TPSA) is 64.1 Å². The van der Waals surface area contributed by atoms with E-state index in [0.29, 0.717) is 24.4 Å². The number of benzene rings is 2. The molecule has 2 amide bonds. The minimum absolute atomic E-state index is 0.0251. The molecule has 1 heterocycles. The van der Waals surface area contributed by atoms with Crippen molar-refractivity contribution in [2.45, 2.75) is 32.9 Å². The number of hydrogen-bond donors (Lipinski definition) is 1. The summed E-state index contributed by atoms with van der Waals surface area (Å²) in [4.78, 5) is 30.1. The van der Waals surface area contributed by atoms with Gasteiger partial charge >= 0.3 is 0 Å². The van der Waals surface area contributed by atoms with Crippen molar-refractivity contribution in [2.75, 3.05) is 38.1 Å². The normalized spacial score (nSPS) is 14.7. The van der Waals surface area contributed by atoms with Crippen LogP contribution in [0.2, 0.25) is 0 Å². The van der Waals surface area contributed by atoms with Crippen LogP contribution in [-0.2, 0) is 17.8 Å². The first kappa shape index (κ1) is 23.0. The predicted octanol–water partition coefficient (Wildman–Crippen LogP) is 2.80. The predicted molar refractivity (Wildman–Crippen MR) is 123 cm³/mol. The molecule has 1 atom stereocenters. The average Bonchev–Trinajstić information content (AvgIpc) is 2.76. The van der Waals surface area contributed by atoms with Crippen molar-refractivity contribution in [3.63, 3.8) is 0 Å². The molecule has 1 N–H and O–H groups in total. The molecule has 1 aliphatic rings. The number of carbonyl (C=O) groups is 2. The van der Waals surface area contributed by atoms with Crippen LogP contribution in [0.15, 0.2) is 48.5 Å². The summed E-state index contributed by atoms with van der Waals surface area (Å²) in [5.41, 5.74) is 3.87. The molecule has 0 saturated heterocycles. The van der Waals surface area contributed by atoms with Crippen molar-refractivity contribution in [1.29, 1.82) is 0 Å². The van der Waals surface area contributed by atoms with Crippen LogP contribution in [0.3, 0.4) is 0 Å². The van der Waals surface area contributed by atoms with E-state index in [1.165, 1.54) is 11.1 Å². The number of rotatable bonds is 9. The molecular weight excluding hydrogens is 390 g/mol. The second-order valence-corrected chi connectivity index (χ2v) is 8.76. The first-order valence-electron chi connectivity index (χ1n) is 10.9. The summed E-state index contributed by atoms with van der Waals surface area (Å²) >= 11 is 0. The Kier molecular flexibility index (Phi) is 7.82. The fourth-order valence-corrected chi connectivity index (χ4v) is 4.25. The first-order chi connectivity index (χ1) is 14.9. The Morgan fingerprint density at radius 3 is 2.48 bits per heavy atom.